The van der Waals surface area contributed by atoms with Crippen LogP contribution in [-0.2, 0) is 20.7 Å². The first-order valence-electron chi connectivity index (χ1n) is 5.63. The van der Waals surface area contributed by atoms with Gasteiger partial charge in [0.2, 0.25) is 0 Å². The van der Waals surface area contributed by atoms with Crippen LogP contribution in [0.5, 0.6) is 0 Å². The molecule has 0 spiro atoms. The van der Waals surface area contributed by atoms with Crippen LogP contribution in [0.25, 0.3) is 0 Å². The van der Waals surface area contributed by atoms with Crippen LogP contribution in [0.4, 0.5) is 5.13 Å². The Morgan fingerprint density at radius 2 is 2.35 bits per heavy atom. The molecule has 0 N–H and O–H groups in total. The number of thiazole rings is 1. The number of aryl methyl sites for hydroxylation is 1. The van der Waals surface area contributed by atoms with E-state index in [0.29, 0.717) is 12.8 Å². The highest BCUT2D eigenvalue weighted by Gasteiger charge is 2.14. The molecule has 1 aromatic heterocycles. The molecule has 1 saturated heterocycles. The SMILES string of the molecule is COC(=O)CCc1csc(N2CCOCC2)n1. The van der Waals surface area contributed by atoms with Gasteiger partial charge < -0.3 is 14.4 Å². The lowest BCUT2D eigenvalue weighted by molar-refractivity contribution is -0.140. The van der Waals surface area contributed by atoms with Crippen LogP contribution >= 0.6 is 11.3 Å². The summed E-state index contributed by atoms with van der Waals surface area (Å²) < 4.78 is 9.90. The Morgan fingerprint density at radius 3 is 3.06 bits per heavy atom. The largest absolute Gasteiger partial charge is 0.469 e. The Kier molecular flexibility index (Phi) is 4.33. The smallest absolute Gasteiger partial charge is 0.305 e. The molecule has 1 aromatic rings. The predicted octanol–water partition coefficient (Wildman–Crippen LogP) is 1.09. The fourth-order valence-corrected chi connectivity index (χ4v) is 2.56. The minimum absolute atomic E-state index is 0.189. The number of ether oxygens (including phenoxy) is 2. The second-order valence-electron chi connectivity index (χ2n) is 3.80. The summed E-state index contributed by atoms with van der Waals surface area (Å²) in [6, 6.07) is 0. The van der Waals surface area contributed by atoms with Crippen molar-refractivity contribution in [2.45, 2.75) is 12.8 Å². The van der Waals surface area contributed by atoms with E-state index in [-0.39, 0.29) is 5.97 Å². The molecule has 1 aliphatic rings. The summed E-state index contributed by atoms with van der Waals surface area (Å²) in [5, 5.41) is 3.03. The van der Waals surface area contributed by atoms with E-state index >= 15 is 0 Å². The Hall–Kier alpha value is -1.14. The lowest BCUT2D eigenvalue weighted by atomic mass is 10.2. The molecule has 1 fully saturated rings. The maximum Gasteiger partial charge on any atom is 0.305 e. The van der Waals surface area contributed by atoms with E-state index in [0.717, 1.165) is 37.1 Å². The van der Waals surface area contributed by atoms with E-state index in [1.165, 1.54) is 7.11 Å². The molecule has 0 saturated carbocycles. The van der Waals surface area contributed by atoms with E-state index in [1.54, 1.807) is 11.3 Å². The molecule has 0 unspecified atom stereocenters. The first kappa shape index (κ1) is 12.3. The molecule has 0 aromatic carbocycles. The zero-order chi connectivity index (χ0) is 12.1. The van der Waals surface area contributed by atoms with Crippen LogP contribution < -0.4 is 4.90 Å². The lowest BCUT2D eigenvalue weighted by Gasteiger charge is -2.26. The summed E-state index contributed by atoms with van der Waals surface area (Å²) in [4.78, 5) is 17.8. The van der Waals surface area contributed by atoms with Crippen molar-refractivity contribution in [2.75, 3.05) is 38.3 Å². The average Bonchev–Trinajstić information content (AvgIpc) is 2.86. The van der Waals surface area contributed by atoms with Crippen molar-refractivity contribution in [3.63, 3.8) is 0 Å². The van der Waals surface area contributed by atoms with Crippen LogP contribution in [-0.4, -0.2) is 44.4 Å². The van der Waals surface area contributed by atoms with E-state index in [4.69, 9.17) is 4.74 Å². The molecule has 5 nitrogen and oxygen atoms in total. The van der Waals surface area contributed by atoms with Gasteiger partial charge >= 0.3 is 5.97 Å². The number of nitrogens with zero attached hydrogens (tertiary/aromatic N) is 2. The third-order valence-electron chi connectivity index (χ3n) is 2.63. The van der Waals surface area contributed by atoms with Crippen LogP contribution in [0.3, 0.4) is 0 Å². The van der Waals surface area contributed by atoms with Crippen LogP contribution in [0.15, 0.2) is 5.38 Å². The van der Waals surface area contributed by atoms with Gasteiger partial charge in [-0.05, 0) is 0 Å². The maximum absolute atomic E-state index is 11.0. The Morgan fingerprint density at radius 1 is 1.59 bits per heavy atom. The first-order chi connectivity index (χ1) is 8.29. The molecular formula is C11H16N2O3S. The van der Waals surface area contributed by atoms with Crippen molar-refractivity contribution in [1.29, 1.82) is 0 Å². The summed E-state index contributed by atoms with van der Waals surface area (Å²) in [5.74, 6) is -0.189. The number of rotatable bonds is 4. The van der Waals surface area contributed by atoms with E-state index in [9.17, 15) is 4.79 Å². The number of anilines is 1. The average molecular weight is 256 g/mol. The topological polar surface area (TPSA) is 51.7 Å². The fraction of sp³-hybridized carbons (Fsp3) is 0.636. The van der Waals surface area contributed by atoms with Gasteiger partial charge in [0, 0.05) is 24.9 Å². The summed E-state index contributed by atoms with van der Waals surface area (Å²) in [6.07, 6.45) is 1.04. The first-order valence-corrected chi connectivity index (χ1v) is 6.51. The van der Waals surface area contributed by atoms with Gasteiger partial charge in [-0.15, -0.1) is 11.3 Å². The molecule has 0 amide bonds. The zero-order valence-electron chi connectivity index (χ0n) is 9.85. The quantitative estimate of drug-likeness (QED) is 0.755. The number of hydrogen-bond acceptors (Lipinski definition) is 6. The highest BCUT2D eigenvalue weighted by atomic mass is 32.1. The number of aromatic nitrogens is 1. The lowest BCUT2D eigenvalue weighted by Crippen LogP contribution is -2.36. The van der Waals surface area contributed by atoms with Crippen molar-refractivity contribution in [1.82, 2.24) is 4.98 Å². The van der Waals surface area contributed by atoms with Crippen molar-refractivity contribution >= 4 is 22.4 Å². The Labute approximate surface area is 104 Å². The third-order valence-corrected chi connectivity index (χ3v) is 3.58. The molecule has 0 atom stereocenters. The molecule has 0 aliphatic carbocycles. The molecule has 94 valence electrons. The van der Waals surface area contributed by atoms with Crippen LogP contribution in [0, 0.1) is 0 Å². The Balaban J connectivity index is 1.88. The minimum atomic E-state index is -0.189. The minimum Gasteiger partial charge on any atom is -0.469 e. The van der Waals surface area contributed by atoms with E-state index < -0.39 is 0 Å². The zero-order valence-corrected chi connectivity index (χ0v) is 10.7. The van der Waals surface area contributed by atoms with Crippen molar-refractivity contribution in [2.24, 2.45) is 0 Å². The highest BCUT2D eigenvalue weighted by Crippen LogP contribution is 2.22. The highest BCUT2D eigenvalue weighted by molar-refractivity contribution is 7.13. The van der Waals surface area contributed by atoms with Gasteiger partial charge in [0.05, 0.1) is 32.4 Å². The number of hydrogen-bond donors (Lipinski definition) is 0. The second-order valence-corrected chi connectivity index (χ2v) is 4.63. The van der Waals surface area contributed by atoms with E-state index in [2.05, 4.69) is 14.6 Å². The third kappa shape index (κ3) is 3.41. The number of carbonyl (C=O) groups excluding carboxylic acids is 1. The number of methoxy groups -OCH3 is 1. The van der Waals surface area contributed by atoms with Crippen molar-refractivity contribution in [3.05, 3.63) is 11.1 Å². The van der Waals surface area contributed by atoms with Gasteiger partial charge in [-0.25, -0.2) is 4.98 Å². The molecular weight excluding hydrogens is 240 g/mol. The number of esters is 1. The fourth-order valence-electron chi connectivity index (χ4n) is 1.64. The van der Waals surface area contributed by atoms with Gasteiger partial charge in [0.25, 0.3) is 0 Å². The normalized spacial score (nSPS) is 15.9. The predicted molar refractivity (Wildman–Crippen MR) is 65.5 cm³/mol. The van der Waals surface area contributed by atoms with Gasteiger partial charge in [0.1, 0.15) is 0 Å². The van der Waals surface area contributed by atoms with Crippen molar-refractivity contribution < 1.29 is 14.3 Å². The Bertz CT molecular complexity index is 375. The van der Waals surface area contributed by atoms with Gasteiger partial charge in [-0.3, -0.25) is 4.79 Å². The van der Waals surface area contributed by atoms with Crippen molar-refractivity contribution in [3.8, 4) is 0 Å². The molecule has 6 heteroatoms. The molecule has 17 heavy (non-hydrogen) atoms. The summed E-state index contributed by atoms with van der Waals surface area (Å²) in [6.45, 7) is 3.31. The summed E-state index contributed by atoms with van der Waals surface area (Å²) in [7, 11) is 1.41. The van der Waals surface area contributed by atoms with Gasteiger partial charge in [-0.2, -0.15) is 0 Å². The summed E-state index contributed by atoms with van der Waals surface area (Å²) >= 11 is 1.62. The maximum atomic E-state index is 11.0. The molecule has 2 rings (SSSR count). The van der Waals surface area contributed by atoms with Crippen LogP contribution in [0.1, 0.15) is 12.1 Å². The van der Waals surface area contributed by atoms with Gasteiger partial charge in [0.15, 0.2) is 5.13 Å². The van der Waals surface area contributed by atoms with E-state index in [1.807, 2.05) is 5.38 Å². The second kappa shape index (κ2) is 5.97. The molecule has 0 radical (unpaired) electrons. The van der Waals surface area contributed by atoms with Gasteiger partial charge in [-0.1, -0.05) is 0 Å². The number of morpholine rings is 1. The molecule has 0 bridgehead atoms. The number of carbonyl (C=O) groups is 1. The standard InChI is InChI=1S/C11H16N2O3S/c1-15-10(14)3-2-9-8-17-11(12-9)13-4-6-16-7-5-13/h8H,2-7H2,1H3. The van der Waals surface area contributed by atoms with Crippen LogP contribution in [0.2, 0.25) is 0 Å². The monoisotopic (exact) mass is 256 g/mol. The summed E-state index contributed by atoms with van der Waals surface area (Å²) in [5.41, 5.74) is 0.960. The molecule has 1 aliphatic heterocycles. The molecule has 2 heterocycles.